The molecule has 0 aromatic heterocycles. The van der Waals surface area contributed by atoms with Gasteiger partial charge in [0.15, 0.2) is 0 Å². The first-order chi connectivity index (χ1) is 3.83. The molecule has 2 heteroatoms. The van der Waals surface area contributed by atoms with Gasteiger partial charge in [0, 0.05) is 6.21 Å². The van der Waals surface area contributed by atoms with Crippen molar-refractivity contribution in [3.8, 4) is 0 Å². The zero-order valence-corrected chi connectivity index (χ0v) is 5.26. The summed E-state index contributed by atoms with van der Waals surface area (Å²) in [6.45, 7) is 4.06. The third-order valence-corrected chi connectivity index (χ3v) is 1.15. The van der Waals surface area contributed by atoms with Crippen LogP contribution in [0.15, 0.2) is 9.98 Å². The van der Waals surface area contributed by atoms with Gasteiger partial charge in [-0.2, -0.15) is 0 Å². The Labute approximate surface area is 49.3 Å². The Morgan fingerprint density at radius 2 is 2.50 bits per heavy atom. The number of hydrogen-bond donors (Lipinski definition) is 0. The molecule has 0 saturated heterocycles. The summed E-state index contributed by atoms with van der Waals surface area (Å²) in [7, 11) is 0. The smallest absolute Gasteiger partial charge is 0.139 e. The molecule has 1 rings (SSSR count). The second-order valence-corrected chi connectivity index (χ2v) is 1.94. The van der Waals surface area contributed by atoms with Crippen LogP contribution in [0.25, 0.3) is 0 Å². The quantitative estimate of drug-likeness (QED) is 0.485. The van der Waals surface area contributed by atoms with Crippen molar-refractivity contribution >= 4 is 11.9 Å². The molecule has 0 bridgehead atoms. The third kappa shape index (κ3) is 0.941. The van der Waals surface area contributed by atoms with Crippen LogP contribution in [0.4, 0.5) is 0 Å². The van der Waals surface area contributed by atoms with Gasteiger partial charge in [-0.25, -0.2) is 0 Å². The van der Waals surface area contributed by atoms with E-state index < -0.39 is 0 Å². The molecule has 0 saturated carbocycles. The highest BCUT2D eigenvalue weighted by Crippen LogP contribution is 2.03. The highest BCUT2D eigenvalue weighted by atomic mass is 15.0. The summed E-state index contributed by atoms with van der Waals surface area (Å²) >= 11 is 0. The fraction of sp³-hybridized carbons (Fsp3) is 0.667. The number of rotatable bonds is 1. The van der Waals surface area contributed by atoms with Gasteiger partial charge in [-0.15, -0.1) is 0 Å². The highest BCUT2D eigenvalue weighted by Gasteiger charge is 2.04. The summed E-state index contributed by atoms with van der Waals surface area (Å²) in [6.07, 6.45) is 3.08. The predicted octanol–water partition coefficient (Wildman–Crippen LogP) is 1.27. The molecule has 0 radical (unpaired) electrons. The van der Waals surface area contributed by atoms with Crippen LogP contribution in [0.3, 0.4) is 0 Å². The lowest BCUT2D eigenvalue weighted by Crippen LogP contribution is -1.92. The summed E-state index contributed by atoms with van der Waals surface area (Å²) < 4.78 is 0. The molecule has 2 nitrogen and oxygen atoms in total. The third-order valence-electron chi connectivity index (χ3n) is 1.15. The van der Waals surface area contributed by atoms with Crippen molar-refractivity contribution in [2.75, 3.05) is 0 Å². The Bertz CT molecular complexity index is 135. The second-order valence-electron chi connectivity index (χ2n) is 1.94. The topological polar surface area (TPSA) is 24.7 Å². The van der Waals surface area contributed by atoms with E-state index in [0.29, 0.717) is 0 Å². The van der Waals surface area contributed by atoms with Crippen LogP contribution >= 0.6 is 0 Å². The Hall–Kier alpha value is -0.660. The maximum Gasteiger partial charge on any atom is 0.139 e. The van der Waals surface area contributed by atoms with Crippen molar-refractivity contribution in [2.24, 2.45) is 9.98 Å². The summed E-state index contributed by atoms with van der Waals surface area (Å²) in [6, 6.07) is 0. The Kier molecular flexibility index (Phi) is 1.42. The summed E-state index contributed by atoms with van der Waals surface area (Å²) in [5.74, 6) is 0. The van der Waals surface area contributed by atoms with Gasteiger partial charge in [0.1, 0.15) is 6.17 Å². The van der Waals surface area contributed by atoms with Gasteiger partial charge in [-0.1, -0.05) is 6.92 Å². The maximum absolute atomic E-state index is 4.20. The summed E-state index contributed by atoms with van der Waals surface area (Å²) in [5.41, 5.74) is 1.05. The molecule has 1 aliphatic rings. The molecular formula is C6H10N2. The molecule has 0 amide bonds. The number of aliphatic imine (C=N–C) groups is 2. The van der Waals surface area contributed by atoms with Crippen molar-refractivity contribution in [3.05, 3.63) is 0 Å². The van der Waals surface area contributed by atoms with Crippen molar-refractivity contribution in [2.45, 2.75) is 26.4 Å². The molecule has 0 fully saturated rings. The molecule has 44 valence electrons. The zero-order chi connectivity index (χ0) is 5.98. The van der Waals surface area contributed by atoms with Gasteiger partial charge in [0.05, 0.1) is 5.71 Å². The minimum absolute atomic E-state index is 0.231. The average molecular weight is 110 g/mol. The van der Waals surface area contributed by atoms with Crippen LogP contribution < -0.4 is 0 Å². The van der Waals surface area contributed by atoms with E-state index in [0.717, 1.165) is 12.1 Å². The van der Waals surface area contributed by atoms with Crippen molar-refractivity contribution in [1.82, 2.24) is 0 Å². The van der Waals surface area contributed by atoms with Gasteiger partial charge >= 0.3 is 0 Å². The molecule has 1 aliphatic heterocycles. The zero-order valence-electron chi connectivity index (χ0n) is 5.26. The van der Waals surface area contributed by atoms with Crippen LogP contribution in [-0.4, -0.2) is 18.1 Å². The van der Waals surface area contributed by atoms with Crippen LogP contribution in [0.2, 0.25) is 0 Å². The van der Waals surface area contributed by atoms with Gasteiger partial charge in [0.25, 0.3) is 0 Å². The van der Waals surface area contributed by atoms with E-state index in [9.17, 15) is 0 Å². The Morgan fingerprint density at radius 3 is 2.75 bits per heavy atom. The molecular weight excluding hydrogens is 100 g/mol. The van der Waals surface area contributed by atoms with Gasteiger partial charge in [-0.3, -0.25) is 9.98 Å². The van der Waals surface area contributed by atoms with Crippen LogP contribution in [-0.2, 0) is 0 Å². The van der Waals surface area contributed by atoms with Gasteiger partial charge in [0.2, 0.25) is 0 Å². The van der Waals surface area contributed by atoms with Crippen molar-refractivity contribution in [1.29, 1.82) is 0 Å². The SMILES string of the molecule is CCC1N=CC(C)=N1. The molecule has 0 N–H and O–H groups in total. The lowest BCUT2D eigenvalue weighted by atomic mass is 10.4. The lowest BCUT2D eigenvalue weighted by molar-refractivity contribution is 0.702. The van der Waals surface area contributed by atoms with E-state index in [4.69, 9.17) is 0 Å². The summed E-state index contributed by atoms with van der Waals surface area (Å²) in [4.78, 5) is 8.31. The molecule has 0 spiro atoms. The maximum atomic E-state index is 4.20. The molecule has 8 heavy (non-hydrogen) atoms. The van der Waals surface area contributed by atoms with E-state index in [1.54, 1.807) is 0 Å². The lowest BCUT2D eigenvalue weighted by Gasteiger charge is -1.93. The fourth-order valence-corrected chi connectivity index (χ4v) is 0.692. The van der Waals surface area contributed by atoms with Crippen molar-refractivity contribution < 1.29 is 0 Å². The fourth-order valence-electron chi connectivity index (χ4n) is 0.692. The average Bonchev–Trinajstić information content (AvgIpc) is 2.14. The minimum atomic E-state index is 0.231. The van der Waals surface area contributed by atoms with Crippen LogP contribution in [0.5, 0.6) is 0 Å². The molecule has 0 aliphatic carbocycles. The first-order valence-corrected chi connectivity index (χ1v) is 2.90. The highest BCUT2D eigenvalue weighted by molar-refractivity contribution is 6.30. The molecule has 0 aromatic carbocycles. The second kappa shape index (κ2) is 2.07. The predicted molar refractivity (Wildman–Crippen MR) is 35.7 cm³/mol. The van der Waals surface area contributed by atoms with E-state index in [1.165, 1.54) is 0 Å². The first-order valence-electron chi connectivity index (χ1n) is 2.90. The number of hydrogen-bond acceptors (Lipinski definition) is 2. The van der Waals surface area contributed by atoms with E-state index in [1.807, 2.05) is 13.1 Å². The standard InChI is InChI=1S/C6H10N2/c1-3-6-7-4-5(2)8-6/h4,6H,3H2,1-2H3. The summed E-state index contributed by atoms with van der Waals surface area (Å²) in [5, 5.41) is 0. The number of nitrogens with zero attached hydrogens (tertiary/aromatic N) is 2. The minimum Gasteiger partial charge on any atom is -0.265 e. The van der Waals surface area contributed by atoms with E-state index in [-0.39, 0.29) is 6.17 Å². The molecule has 1 heterocycles. The van der Waals surface area contributed by atoms with Crippen LogP contribution in [0, 0.1) is 0 Å². The largest absolute Gasteiger partial charge is 0.265 e. The van der Waals surface area contributed by atoms with Crippen molar-refractivity contribution in [3.63, 3.8) is 0 Å². The van der Waals surface area contributed by atoms with Gasteiger partial charge in [-0.05, 0) is 13.3 Å². The molecule has 1 atom stereocenters. The van der Waals surface area contributed by atoms with Crippen LogP contribution in [0.1, 0.15) is 20.3 Å². The van der Waals surface area contributed by atoms with E-state index in [2.05, 4.69) is 16.9 Å². The normalized spacial score (nSPS) is 26.2. The Balaban J connectivity index is 2.55. The molecule has 0 aromatic rings. The van der Waals surface area contributed by atoms with E-state index >= 15 is 0 Å². The monoisotopic (exact) mass is 110 g/mol. The Morgan fingerprint density at radius 1 is 1.75 bits per heavy atom. The van der Waals surface area contributed by atoms with Gasteiger partial charge < -0.3 is 0 Å². The molecule has 1 unspecified atom stereocenters. The first kappa shape index (κ1) is 5.48.